The van der Waals surface area contributed by atoms with Crippen molar-refractivity contribution in [2.75, 3.05) is 11.9 Å². The van der Waals surface area contributed by atoms with Crippen molar-refractivity contribution in [2.45, 2.75) is 31.9 Å². The molecule has 3 rings (SSSR count). The molecular weight excluding hydrogens is 224 g/mol. The van der Waals surface area contributed by atoms with E-state index in [0.717, 1.165) is 11.2 Å². The number of anilines is 1. The van der Waals surface area contributed by atoms with Crippen LogP contribution in [0.15, 0.2) is 30.3 Å². The molecule has 1 aliphatic carbocycles. The fourth-order valence-electron chi connectivity index (χ4n) is 2.55. The molecule has 0 radical (unpaired) electrons. The van der Waals surface area contributed by atoms with Gasteiger partial charge in [0.1, 0.15) is 0 Å². The highest BCUT2D eigenvalue weighted by Crippen LogP contribution is 2.32. The molecule has 1 saturated carbocycles. The molecular formula is C15H18N2O. The molecule has 3 nitrogen and oxygen atoms in total. The number of pyridine rings is 1. The minimum absolute atomic E-state index is 0.00363. The number of aromatic nitrogens is 1. The summed E-state index contributed by atoms with van der Waals surface area (Å²) in [6, 6.07) is 10.8. The monoisotopic (exact) mass is 242 g/mol. The number of aliphatic hydroxyl groups is 1. The fourth-order valence-corrected chi connectivity index (χ4v) is 2.55. The van der Waals surface area contributed by atoms with Gasteiger partial charge in [0.2, 0.25) is 0 Å². The van der Waals surface area contributed by atoms with Gasteiger partial charge in [-0.3, -0.25) is 4.98 Å². The predicted molar refractivity (Wildman–Crippen MR) is 73.7 cm³/mol. The molecule has 1 aromatic carbocycles. The summed E-state index contributed by atoms with van der Waals surface area (Å²) >= 11 is 0. The highest BCUT2D eigenvalue weighted by Gasteiger charge is 2.23. The van der Waals surface area contributed by atoms with Gasteiger partial charge >= 0.3 is 0 Å². The minimum Gasteiger partial charge on any atom is -0.390 e. The SMILES string of the molecule is CN(c1cc(CO)nc2ccccc12)C1CCC1. The zero-order valence-corrected chi connectivity index (χ0v) is 10.6. The van der Waals surface area contributed by atoms with Crippen LogP contribution >= 0.6 is 0 Å². The van der Waals surface area contributed by atoms with Crippen molar-refractivity contribution in [3.8, 4) is 0 Å². The largest absolute Gasteiger partial charge is 0.390 e. The molecule has 0 saturated heterocycles. The third-order valence-electron chi connectivity index (χ3n) is 3.91. The number of nitrogens with zero attached hydrogens (tertiary/aromatic N) is 2. The highest BCUT2D eigenvalue weighted by molar-refractivity contribution is 5.92. The van der Waals surface area contributed by atoms with E-state index in [1.54, 1.807) is 0 Å². The number of fused-ring (bicyclic) bond motifs is 1. The zero-order chi connectivity index (χ0) is 12.5. The third kappa shape index (κ3) is 1.85. The predicted octanol–water partition coefficient (Wildman–Crippen LogP) is 2.72. The number of rotatable bonds is 3. The van der Waals surface area contributed by atoms with E-state index in [1.165, 1.54) is 30.3 Å². The normalized spacial score (nSPS) is 15.7. The van der Waals surface area contributed by atoms with Crippen LogP contribution in [0.1, 0.15) is 25.0 Å². The van der Waals surface area contributed by atoms with Crippen LogP contribution in [0, 0.1) is 0 Å². The molecule has 0 bridgehead atoms. The van der Waals surface area contributed by atoms with E-state index in [0.29, 0.717) is 6.04 Å². The molecule has 0 unspecified atom stereocenters. The molecule has 1 aliphatic rings. The van der Waals surface area contributed by atoms with Crippen molar-refractivity contribution in [2.24, 2.45) is 0 Å². The Bertz CT molecular complexity index is 563. The summed E-state index contributed by atoms with van der Waals surface area (Å²) in [6.45, 7) is -0.00363. The smallest absolute Gasteiger partial charge is 0.0854 e. The topological polar surface area (TPSA) is 36.4 Å². The maximum absolute atomic E-state index is 9.33. The fraction of sp³-hybridized carbons (Fsp3) is 0.400. The van der Waals surface area contributed by atoms with E-state index in [-0.39, 0.29) is 6.61 Å². The number of aliphatic hydroxyl groups excluding tert-OH is 1. The third-order valence-corrected chi connectivity index (χ3v) is 3.91. The van der Waals surface area contributed by atoms with Crippen LogP contribution in [0.2, 0.25) is 0 Å². The highest BCUT2D eigenvalue weighted by atomic mass is 16.3. The van der Waals surface area contributed by atoms with Gasteiger partial charge < -0.3 is 10.0 Å². The van der Waals surface area contributed by atoms with Crippen LogP contribution in [0.5, 0.6) is 0 Å². The van der Waals surface area contributed by atoms with Crippen LogP contribution in [0.4, 0.5) is 5.69 Å². The van der Waals surface area contributed by atoms with Gasteiger partial charge in [-0.05, 0) is 31.4 Å². The lowest BCUT2D eigenvalue weighted by atomic mass is 9.91. The van der Waals surface area contributed by atoms with E-state index in [4.69, 9.17) is 0 Å². The number of para-hydroxylation sites is 1. The van der Waals surface area contributed by atoms with Crippen molar-refractivity contribution in [3.63, 3.8) is 0 Å². The summed E-state index contributed by atoms with van der Waals surface area (Å²) in [6.07, 6.45) is 3.86. The van der Waals surface area contributed by atoms with Gasteiger partial charge in [-0.1, -0.05) is 18.2 Å². The Balaban J connectivity index is 2.12. The van der Waals surface area contributed by atoms with E-state index in [2.05, 4.69) is 23.0 Å². The number of hydrogen-bond donors (Lipinski definition) is 1. The van der Waals surface area contributed by atoms with Gasteiger partial charge in [0.05, 0.1) is 17.8 Å². The van der Waals surface area contributed by atoms with Gasteiger partial charge in [0, 0.05) is 24.2 Å². The Morgan fingerprint density at radius 1 is 1.33 bits per heavy atom. The Morgan fingerprint density at radius 3 is 2.78 bits per heavy atom. The average molecular weight is 242 g/mol. The first-order valence-corrected chi connectivity index (χ1v) is 6.52. The summed E-state index contributed by atoms with van der Waals surface area (Å²) < 4.78 is 0. The molecule has 0 amide bonds. The lowest BCUT2D eigenvalue weighted by Crippen LogP contribution is -2.37. The lowest BCUT2D eigenvalue weighted by molar-refractivity contribution is 0.277. The van der Waals surface area contributed by atoms with Gasteiger partial charge in [-0.2, -0.15) is 0 Å². The van der Waals surface area contributed by atoms with Crippen LogP contribution in [-0.2, 0) is 6.61 Å². The first-order chi connectivity index (χ1) is 8.79. The summed E-state index contributed by atoms with van der Waals surface area (Å²) in [5.41, 5.74) is 2.90. The molecule has 1 N–H and O–H groups in total. The lowest BCUT2D eigenvalue weighted by Gasteiger charge is -2.37. The summed E-state index contributed by atoms with van der Waals surface area (Å²) in [4.78, 5) is 6.80. The second-order valence-corrected chi connectivity index (χ2v) is 5.00. The number of benzene rings is 1. The van der Waals surface area contributed by atoms with Crippen LogP contribution in [-0.4, -0.2) is 23.2 Å². The molecule has 1 fully saturated rings. The molecule has 94 valence electrons. The maximum atomic E-state index is 9.33. The summed E-state index contributed by atoms with van der Waals surface area (Å²) in [5.74, 6) is 0. The quantitative estimate of drug-likeness (QED) is 0.899. The van der Waals surface area contributed by atoms with Gasteiger partial charge in [-0.15, -0.1) is 0 Å². The molecule has 1 aromatic heterocycles. The Morgan fingerprint density at radius 2 is 2.11 bits per heavy atom. The van der Waals surface area contributed by atoms with Gasteiger partial charge in [-0.25, -0.2) is 0 Å². The van der Waals surface area contributed by atoms with E-state index >= 15 is 0 Å². The molecule has 0 spiro atoms. The van der Waals surface area contributed by atoms with Crippen molar-refractivity contribution in [3.05, 3.63) is 36.0 Å². The molecule has 18 heavy (non-hydrogen) atoms. The van der Waals surface area contributed by atoms with E-state index in [9.17, 15) is 5.11 Å². The molecule has 1 heterocycles. The van der Waals surface area contributed by atoms with E-state index in [1.807, 2.05) is 24.3 Å². The second-order valence-electron chi connectivity index (χ2n) is 5.00. The van der Waals surface area contributed by atoms with Crippen molar-refractivity contribution in [1.29, 1.82) is 0 Å². The van der Waals surface area contributed by atoms with Crippen LogP contribution < -0.4 is 4.90 Å². The molecule has 2 aromatic rings. The summed E-state index contributed by atoms with van der Waals surface area (Å²) in [5, 5.41) is 10.5. The second kappa shape index (κ2) is 4.58. The first kappa shape index (κ1) is 11.5. The van der Waals surface area contributed by atoms with Crippen LogP contribution in [0.25, 0.3) is 10.9 Å². The van der Waals surface area contributed by atoms with Crippen molar-refractivity contribution in [1.82, 2.24) is 4.98 Å². The van der Waals surface area contributed by atoms with Crippen molar-refractivity contribution >= 4 is 16.6 Å². The van der Waals surface area contributed by atoms with E-state index < -0.39 is 0 Å². The van der Waals surface area contributed by atoms with Gasteiger partial charge in [0.25, 0.3) is 0 Å². The van der Waals surface area contributed by atoms with Crippen molar-refractivity contribution < 1.29 is 5.11 Å². The first-order valence-electron chi connectivity index (χ1n) is 6.52. The minimum atomic E-state index is -0.00363. The molecule has 0 aliphatic heterocycles. The Hall–Kier alpha value is -1.61. The maximum Gasteiger partial charge on any atom is 0.0854 e. The standard InChI is InChI=1S/C15H18N2O/c1-17(12-5-4-6-12)15-9-11(10-18)16-14-8-3-2-7-13(14)15/h2-3,7-9,12,18H,4-6,10H2,1H3. The average Bonchev–Trinajstić information content (AvgIpc) is 2.35. The molecule has 3 heteroatoms. The van der Waals surface area contributed by atoms with Crippen LogP contribution in [0.3, 0.4) is 0 Å². The number of hydrogen-bond acceptors (Lipinski definition) is 3. The zero-order valence-electron chi connectivity index (χ0n) is 10.6. The Kier molecular flexibility index (Phi) is 2.92. The summed E-state index contributed by atoms with van der Waals surface area (Å²) in [7, 11) is 2.15. The Labute approximate surface area is 107 Å². The molecule has 0 atom stereocenters. The van der Waals surface area contributed by atoms with Gasteiger partial charge in [0.15, 0.2) is 0 Å².